The highest BCUT2D eigenvalue weighted by molar-refractivity contribution is 5.90. The van der Waals surface area contributed by atoms with Gasteiger partial charge in [-0.05, 0) is 44.2 Å². The van der Waals surface area contributed by atoms with Gasteiger partial charge in [0, 0.05) is 37.3 Å². The maximum Gasteiger partial charge on any atom is 0.229 e. The number of hydrogen-bond donors (Lipinski definition) is 2. The van der Waals surface area contributed by atoms with Crippen LogP contribution in [-0.4, -0.2) is 91.9 Å². The highest BCUT2D eigenvalue weighted by Gasteiger charge is 2.27. The van der Waals surface area contributed by atoms with Crippen molar-refractivity contribution in [2.75, 3.05) is 69.6 Å². The van der Waals surface area contributed by atoms with E-state index in [1.807, 2.05) is 18.2 Å². The molecule has 4 heterocycles. The average Bonchev–Trinajstić information content (AvgIpc) is 2.93. The van der Waals surface area contributed by atoms with Gasteiger partial charge in [0.1, 0.15) is 11.6 Å². The lowest BCUT2D eigenvalue weighted by atomic mass is 10.1. The van der Waals surface area contributed by atoms with Crippen LogP contribution in [0.2, 0.25) is 0 Å². The van der Waals surface area contributed by atoms with Gasteiger partial charge in [0.25, 0.3) is 0 Å². The number of aromatic nitrogens is 3. The van der Waals surface area contributed by atoms with Gasteiger partial charge < -0.3 is 34.4 Å². The van der Waals surface area contributed by atoms with Gasteiger partial charge in [-0.3, -0.25) is 0 Å². The molecule has 0 radical (unpaired) electrons. The molecular weight excluding hydrogens is 472 g/mol. The van der Waals surface area contributed by atoms with E-state index >= 15 is 0 Å². The quantitative estimate of drug-likeness (QED) is 0.440. The first-order valence-electron chi connectivity index (χ1n) is 13.0. The second-order valence-corrected chi connectivity index (χ2v) is 9.58. The first kappa shape index (κ1) is 25.6. The van der Waals surface area contributed by atoms with Crippen molar-refractivity contribution in [3.63, 3.8) is 0 Å². The second kappa shape index (κ2) is 11.6. The van der Waals surface area contributed by atoms with E-state index in [1.165, 1.54) is 0 Å². The third kappa shape index (κ3) is 5.47. The largest absolute Gasteiger partial charge is 0.496 e. The van der Waals surface area contributed by atoms with Gasteiger partial charge in [-0.2, -0.15) is 9.97 Å². The Hall–Kier alpha value is -3.05. The molecule has 0 unspecified atom stereocenters. The predicted octanol–water partition coefficient (Wildman–Crippen LogP) is 2.23. The normalized spacial score (nSPS) is 20.4. The van der Waals surface area contributed by atoms with Crippen molar-refractivity contribution in [3.8, 4) is 17.0 Å². The predicted molar refractivity (Wildman–Crippen MR) is 143 cm³/mol. The van der Waals surface area contributed by atoms with E-state index in [0.717, 1.165) is 46.9 Å². The van der Waals surface area contributed by atoms with Crippen LogP contribution in [0.3, 0.4) is 0 Å². The molecule has 0 aliphatic carbocycles. The van der Waals surface area contributed by atoms with Crippen LogP contribution in [0.4, 0.5) is 11.8 Å². The lowest BCUT2D eigenvalue weighted by Crippen LogP contribution is -2.46. The molecule has 0 bridgehead atoms. The van der Waals surface area contributed by atoms with Crippen molar-refractivity contribution in [2.45, 2.75) is 32.5 Å². The van der Waals surface area contributed by atoms with Crippen molar-refractivity contribution in [1.82, 2.24) is 20.3 Å². The minimum atomic E-state index is 0.0854. The number of pyridine rings is 1. The maximum absolute atomic E-state index is 9.13. The fourth-order valence-corrected chi connectivity index (χ4v) is 4.94. The minimum absolute atomic E-state index is 0.0854. The van der Waals surface area contributed by atoms with Crippen LogP contribution in [0, 0.1) is 0 Å². The van der Waals surface area contributed by atoms with E-state index in [0.29, 0.717) is 51.1 Å². The van der Waals surface area contributed by atoms with E-state index in [4.69, 9.17) is 34.3 Å². The zero-order valence-electron chi connectivity index (χ0n) is 21.8. The van der Waals surface area contributed by atoms with E-state index < -0.39 is 0 Å². The molecule has 198 valence electrons. The van der Waals surface area contributed by atoms with Gasteiger partial charge in [-0.1, -0.05) is 0 Å². The average molecular weight is 509 g/mol. The third-order valence-corrected chi connectivity index (χ3v) is 6.97. The zero-order valence-corrected chi connectivity index (χ0v) is 21.8. The number of benzene rings is 1. The number of nitrogens with one attached hydrogen (secondary N) is 1. The Balaban J connectivity index is 1.58. The van der Waals surface area contributed by atoms with Gasteiger partial charge in [0.05, 0.1) is 63.3 Å². The Labute approximate surface area is 217 Å². The van der Waals surface area contributed by atoms with Crippen LogP contribution in [0.25, 0.3) is 22.3 Å². The van der Waals surface area contributed by atoms with Gasteiger partial charge in [0.2, 0.25) is 5.95 Å². The number of rotatable bonds is 8. The number of ether oxygens (including phenoxy) is 3. The molecule has 0 amide bonds. The number of anilines is 2. The summed E-state index contributed by atoms with van der Waals surface area (Å²) in [6, 6.07) is 10.5. The Bertz CT molecular complexity index is 1220. The summed E-state index contributed by atoms with van der Waals surface area (Å²) < 4.78 is 16.9. The number of aliphatic hydroxyl groups is 1. The molecule has 0 spiro atoms. The SMILES string of the molecule is COc1ccc(-c2ccc3c(N4CCOC[C@@H]4C)nc(N4CCOC[C@@H]4C)nc3n2)cc1CNCCO. The summed E-state index contributed by atoms with van der Waals surface area (Å²) in [5, 5.41) is 13.3. The van der Waals surface area contributed by atoms with Gasteiger partial charge in [-0.15, -0.1) is 0 Å². The molecule has 10 heteroatoms. The van der Waals surface area contributed by atoms with Crippen LogP contribution in [0.5, 0.6) is 5.75 Å². The highest BCUT2D eigenvalue weighted by atomic mass is 16.5. The highest BCUT2D eigenvalue weighted by Crippen LogP contribution is 2.32. The van der Waals surface area contributed by atoms with Crippen LogP contribution in [0.1, 0.15) is 19.4 Å². The Kier molecular flexibility index (Phi) is 7.99. The number of aliphatic hydroxyl groups excluding tert-OH is 1. The molecule has 10 nitrogen and oxygen atoms in total. The minimum Gasteiger partial charge on any atom is -0.496 e. The van der Waals surface area contributed by atoms with Gasteiger partial charge in [-0.25, -0.2) is 4.98 Å². The monoisotopic (exact) mass is 508 g/mol. The number of morpholine rings is 2. The Morgan fingerprint density at radius 2 is 1.76 bits per heavy atom. The molecule has 1 aromatic carbocycles. The molecule has 0 saturated carbocycles. The first-order chi connectivity index (χ1) is 18.1. The van der Waals surface area contributed by atoms with Crippen LogP contribution in [-0.2, 0) is 16.0 Å². The maximum atomic E-state index is 9.13. The molecule has 2 aliphatic heterocycles. The molecule has 2 N–H and O–H groups in total. The van der Waals surface area contributed by atoms with Crippen LogP contribution < -0.4 is 19.9 Å². The van der Waals surface area contributed by atoms with Crippen molar-refractivity contribution >= 4 is 22.8 Å². The third-order valence-electron chi connectivity index (χ3n) is 6.97. The molecular formula is C27H36N6O4. The molecule has 2 saturated heterocycles. The zero-order chi connectivity index (χ0) is 25.8. The van der Waals surface area contributed by atoms with Gasteiger partial charge >= 0.3 is 0 Å². The molecule has 3 aromatic rings. The summed E-state index contributed by atoms with van der Waals surface area (Å²) in [5.74, 6) is 2.38. The van der Waals surface area contributed by atoms with Gasteiger partial charge in [0.15, 0.2) is 5.65 Å². The van der Waals surface area contributed by atoms with Crippen molar-refractivity contribution in [1.29, 1.82) is 0 Å². The smallest absolute Gasteiger partial charge is 0.229 e. The van der Waals surface area contributed by atoms with Crippen LogP contribution in [0.15, 0.2) is 30.3 Å². The van der Waals surface area contributed by atoms with Crippen LogP contribution >= 0.6 is 0 Å². The fourth-order valence-electron chi connectivity index (χ4n) is 4.94. The number of hydrogen-bond acceptors (Lipinski definition) is 10. The fraction of sp³-hybridized carbons (Fsp3) is 0.519. The van der Waals surface area contributed by atoms with Crippen molar-refractivity contribution < 1.29 is 19.3 Å². The molecule has 2 aromatic heterocycles. The standard InChI is InChI=1S/C27H36N6O4/c1-18-16-36-12-9-32(18)26-22-5-6-23(20-4-7-24(35-3)21(14-20)15-28-8-11-34)29-25(22)30-27(31-26)33-10-13-37-17-19(33)2/h4-7,14,18-19,28,34H,8-13,15-17H2,1-3H3/t18-,19-/m0/s1. The molecule has 2 aliphatic rings. The lowest BCUT2D eigenvalue weighted by Gasteiger charge is -2.37. The Morgan fingerprint density at radius 3 is 2.46 bits per heavy atom. The topological polar surface area (TPSA) is 105 Å². The van der Waals surface area contributed by atoms with E-state index in [2.05, 4.69) is 41.1 Å². The molecule has 37 heavy (non-hydrogen) atoms. The second-order valence-electron chi connectivity index (χ2n) is 9.58. The summed E-state index contributed by atoms with van der Waals surface area (Å²) in [6.07, 6.45) is 0. The Morgan fingerprint density at radius 1 is 1.00 bits per heavy atom. The molecule has 2 fully saturated rings. The lowest BCUT2D eigenvalue weighted by molar-refractivity contribution is 0.0973. The summed E-state index contributed by atoms with van der Waals surface area (Å²) in [4.78, 5) is 19.6. The summed E-state index contributed by atoms with van der Waals surface area (Å²) >= 11 is 0. The summed E-state index contributed by atoms with van der Waals surface area (Å²) in [5.41, 5.74) is 3.48. The first-order valence-corrected chi connectivity index (χ1v) is 13.0. The van der Waals surface area contributed by atoms with E-state index in [1.54, 1.807) is 7.11 Å². The summed E-state index contributed by atoms with van der Waals surface area (Å²) in [6.45, 7) is 9.65. The number of methoxy groups -OCH3 is 1. The number of nitrogens with zero attached hydrogens (tertiary/aromatic N) is 5. The molecule has 5 rings (SSSR count). The molecule has 2 atom stereocenters. The van der Waals surface area contributed by atoms with Crippen molar-refractivity contribution in [2.24, 2.45) is 0 Å². The van der Waals surface area contributed by atoms with Crippen molar-refractivity contribution in [3.05, 3.63) is 35.9 Å². The van der Waals surface area contributed by atoms with E-state index in [-0.39, 0.29) is 18.7 Å². The number of fused-ring (bicyclic) bond motifs is 1. The summed E-state index contributed by atoms with van der Waals surface area (Å²) in [7, 11) is 1.66. The van der Waals surface area contributed by atoms with E-state index in [9.17, 15) is 0 Å².